The third kappa shape index (κ3) is 3.85. The summed E-state index contributed by atoms with van der Waals surface area (Å²) in [6, 6.07) is 6.34. The zero-order valence-electron chi connectivity index (χ0n) is 14.9. The number of anilines is 1. The molecule has 0 bridgehead atoms. The summed E-state index contributed by atoms with van der Waals surface area (Å²) in [5.41, 5.74) is 3.28. The predicted octanol–water partition coefficient (Wildman–Crippen LogP) is 2.98. The van der Waals surface area contributed by atoms with Crippen LogP contribution in [0.2, 0.25) is 0 Å². The van der Waals surface area contributed by atoms with Gasteiger partial charge in [0, 0.05) is 39.2 Å². The van der Waals surface area contributed by atoms with E-state index in [2.05, 4.69) is 4.98 Å². The number of halogens is 1. The number of fused-ring (bicyclic) bond motifs is 1. The van der Waals surface area contributed by atoms with Gasteiger partial charge in [-0.2, -0.15) is 0 Å². The second kappa shape index (κ2) is 7.56. The SMILES string of the molecule is CN(C)C(=O)CCc1ncc(O)c2c1C=CCN2Cc1ccc(F)cc1. The minimum absolute atomic E-state index is 0.0385. The lowest BCUT2D eigenvalue weighted by Gasteiger charge is -2.30. The van der Waals surface area contributed by atoms with Crippen LogP contribution in [0.25, 0.3) is 6.08 Å². The molecule has 0 radical (unpaired) electrons. The van der Waals surface area contributed by atoms with Crippen LogP contribution < -0.4 is 4.90 Å². The molecule has 0 saturated carbocycles. The molecular weight excluding hydrogens is 333 g/mol. The number of nitrogens with zero attached hydrogens (tertiary/aromatic N) is 3. The van der Waals surface area contributed by atoms with Gasteiger partial charge in [-0.3, -0.25) is 9.78 Å². The predicted molar refractivity (Wildman–Crippen MR) is 99.4 cm³/mol. The van der Waals surface area contributed by atoms with Crippen LogP contribution in [0.15, 0.2) is 36.5 Å². The zero-order chi connectivity index (χ0) is 18.7. The zero-order valence-corrected chi connectivity index (χ0v) is 14.9. The molecule has 1 aliphatic rings. The Labute approximate surface area is 152 Å². The van der Waals surface area contributed by atoms with Gasteiger partial charge >= 0.3 is 0 Å². The highest BCUT2D eigenvalue weighted by Crippen LogP contribution is 2.37. The molecule has 0 fully saturated rings. The van der Waals surface area contributed by atoms with E-state index in [1.807, 2.05) is 17.1 Å². The largest absolute Gasteiger partial charge is 0.504 e. The van der Waals surface area contributed by atoms with Crippen LogP contribution in [-0.4, -0.2) is 41.5 Å². The van der Waals surface area contributed by atoms with Crippen molar-refractivity contribution < 1.29 is 14.3 Å². The lowest BCUT2D eigenvalue weighted by Crippen LogP contribution is -2.26. The average Bonchev–Trinajstić information content (AvgIpc) is 2.63. The molecule has 3 rings (SSSR count). The molecule has 0 unspecified atom stereocenters. The Hall–Kier alpha value is -2.89. The van der Waals surface area contributed by atoms with Gasteiger partial charge in [0.25, 0.3) is 0 Å². The number of hydrogen-bond acceptors (Lipinski definition) is 4. The monoisotopic (exact) mass is 355 g/mol. The molecule has 2 aromatic rings. The van der Waals surface area contributed by atoms with Crippen molar-refractivity contribution in [2.24, 2.45) is 0 Å². The highest BCUT2D eigenvalue weighted by atomic mass is 19.1. The minimum Gasteiger partial charge on any atom is -0.504 e. The molecule has 6 heteroatoms. The van der Waals surface area contributed by atoms with E-state index in [1.54, 1.807) is 31.1 Å². The maximum atomic E-state index is 13.1. The Morgan fingerprint density at radius 1 is 1.31 bits per heavy atom. The molecule has 26 heavy (non-hydrogen) atoms. The molecule has 0 spiro atoms. The third-order valence-electron chi connectivity index (χ3n) is 4.44. The van der Waals surface area contributed by atoms with Crippen molar-refractivity contribution in [3.8, 4) is 5.75 Å². The van der Waals surface area contributed by atoms with Crippen LogP contribution in [0, 0.1) is 5.82 Å². The number of rotatable bonds is 5. The lowest BCUT2D eigenvalue weighted by atomic mass is 10.0. The standard InChI is InChI=1S/C20H22FN3O2/c1-23(2)19(26)10-9-17-16-4-3-11-24(20(16)18(25)12-22-17)13-14-5-7-15(21)8-6-14/h3-8,12,25H,9-11,13H2,1-2H3. The van der Waals surface area contributed by atoms with Crippen molar-refractivity contribution in [2.45, 2.75) is 19.4 Å². The topological polar surface area (TPSA) is 56.7 Å². The summed E-state index contributed by atoms with van der Waals surface area (Å²) in [5, 5.41) is 10.4. The van der Waals surface area contributed by atoms with E-state index in [-0.39, 0.29) is 17.5 Å². The smallest absolute Gasteiger partial charge is 0.222 e. The number of hydrogen-bond donors (Lipinski definition) is 1. The van der Waals surface area contributed by atoms with Crippen LogP contribution >= 0.6 is 0 Å². The molecule has 5 nitrogen and oxygen atoms in total. The van der Waals surface area contributed by atoms with Crippen LogP contribution in [0.3, 0.4) is 0 Å². The van der Waals surface area contributed by atoms with Gasteiger partial charge in [-0.15, -0.1) is 0 Å². The van der Waals surface area contributed by atoms with Crippen molar-refractivity contribution in [2.75, 3.05) is 25.5 Å². The van der Waals surface area contributed by atoms with Gasteiger partial charge in [-0.05, 0) is 24.1 Å². The van der Waals surface area contributed by atoms with Gasteiger partial charge in [-0.1, -0.05) is 24.3 Å². The molecule has 1 aromatic heterocycles. The number of benzene rings is 1. The van der Waals surface area contributed by atoms with E-state index in [0.29, 0.717) is 31.6 Å². The molecule has 1 aliphatic heterocycles. The summed E-state index contributed by atoms with van der Waals surface area (Å²) in [4.78, 5) is 19.8. The van der Waals surface area contributed by atoms with Gasteiger partial charge in [-0.25, -0.2) is 4.39 Å². The number of carbonyl (C=O) groups is 1. The maximum absolute atomic E-state index is 13.1. The Morgan fingerprint density at radius 3 is 2.73 bits per heavy atom. The number of amides is 1. The van der Waals surface area contributed by atoms with Crippen molar-refractivity contribution in [1.29, 1.82) is 0 Å². The summed E-state index contributed by atoms with van der Waals surface area (Å²) < 4.78 is 13.1. The van der Waals surface area contributed by atoms with E-state index >= 15 is 0 Å². The third-order valence-corrected chi connectivity index (χ3v) is 4.44. The molecule has 1 aromatic carbocycles. The van der Waals surface area contributed by atoms with Crippen LogP contribution in [0.1, 0.15) is 23.2 Å². The van der Waals surface area contributed by atoms with E-state index < -0.39 is 0 Å². The van der Waals surface area contributed by atoms with E-state index in [4.69, 9.17) is 0 Å². The number of pyridine rings is 1. The number of aryl methyl sites for hydroxylation is 1. The summed E-state index contributed by atoms with van der Waals surface area (Å²) in [7, 11) is 3.46. The summed E-state index contributed by atoms with van der Waals surface area (Å²) in [6.45, 7) is 1.18. The molecule has 136 valence electrons. The van der Waals surface area contributed by atoms with Crippen molar-refractivity contribution >= 4 is 17.7 Å². The first-order valence-electron chi connectivity index (χ1n) is 8.52. The Morgan fingerprint density at radius 2 is 2.04 bits per heavy atom. The van der Waals surface area contributed by atoms with Gasteiger partial charge in [0.15, 0.2) is 5.75 Å². The highest BCUT2D eigenvalue weighted by molar-refractivity contribution is 5.79. The van der Waals surface area contributed by atoms with E-state index in [9.17, 15) is 14.3 Å². The van der Waals surface area contributed by atoms with Gasteiger partial charge in [0.1, 0.15) is 5.82 Å². The quantitative estimate of drug-likeness (QED) is 0.896. The summed E-state index contributed by atoms with van der Waals surface area (Å²) in [5.74, 6) is -0.127. The fourth-order valence-electron chi connectivity index (χ4n) is 3.04. The van der Waals surface area contributed by atoms with Crippen LogP contribution in [0.4, 0.5) is 10.1 Å². The van der Waals surface area contributed by atoms with Gasteiger partial charge < -0.3 is 14.9 Å². The van der Waals surface area contributed by atoms with Crippen molar-refractivity contribution in [3.05, 3.63) is 59.2 Å². The second-order valence-electron chi connectivity index (χ2n) is 6.55. The normalized spacial score (nSPS) is 12.8. The van der Waals surface area contributed by atoms with Gasteiger partial charge in [0.05, 0.1) is 17.6 Å². The van der Waals surface area contributed by atoms with Crippen LogP contribution in [-0.2, 0) is 17.8 Å². The molecule has 1 N–H and O–H groups in total. The molecule has 1 amide bonds. The molecule has 0 atom stereocenters. The highest BCUT2D eigenvalue weighted by Gasteiger charge is 2.21. The van der Waals surface area contributed by atoms with E-state index in [0.717, 1.165) is 16.8 Å². The molecular formula is C20H22FN3O2. The van der Waals surface area contributed by atoms with Crippen molar-refractivity contribution in [3.63, 3.8) is 0 Å². The second-order valence-corrected chi connectivity index (χ2v) is 6.55. The fourth-order valence-corrected chi connectivity index (χ4v) is 3.04. The average molecular weight is 355 g/mol. The first-order chi connectivity index (χ1) is 12.5. The first kappa shape index (κ1) is 17.9. The lowest BCUT2D eigenvalue weighted by molar-refractivity contribution is -0.128. The molecule has 0 aliphatic carbocycles. The summed E-state index contributed by atoms with van der Waals surface area (Å²) in [6.07, 6.45) is 6.26. The summed E-state index contributed by atoms with van der Waals surface area (Å²) >= 11 is 0. The van der Waals surface area contributed by atoms with Gasteiger partial charge in [0.2, 0.25) is 5.91 Å². The number of aromatic hydroxyl groups is 1. The Kier molecular flexibility index (Phi) is 5.21. The number of aromatic nitrogens is 1. The van der Waals surface area contributed by atoms with E-state index in [1.165, 1.54) is 18.3 Å². The number of carbonyl (C=O) groups excluding carboxylic acids is 1. The first-order valence-corrected chi connectivity index (χ1v) is 8.52. The Bertz CT molecular complexity index is 832. The minimum atomic E-state index is -0.271. The van der Waals surface area contributed by atoms with Crippen LogP contribution in [0.5, 0.6) is 5.75 Å². The molecule has 0 saturated heterocycles. The molecule has 2 heterocycles. The van der Waals surface area contributed by atoms with Crippen molar-refractivity contribution in [1.82, 2.24) is 9.88 Å². The fraction of sp³-hybridized carbons (Fsp3) is 0.300. The Balaban J connectivity index is 1.86. The maximum Gasteiger partial charge on any atom is 0.222 e.